The van der Waals surface area contributed by atoms with Crippen molar-refractivity contribution in [3.05, 3.63) is 23.5 Å². The molecule has 4 saturated carbocycles. The minimum absolute atomic E-state index is 0.0337. The zero-order valence-electron chi connectivity index (χ0n) is 36.9. The fourth-order valence-corrected chi connectivity index (χ4v) is 13.6. The fourth-order valence-electron chi connectivity index (χ4n) is 13.6. The van der Waals surface area contributed by atoms with E-state index in [4.69, 9.17) is 33.2 Å². The Balaban J connectivity index is 0.889. The predicted molar refractivity (Wildman–Crippen MR) is 219 cm³/mol. The van der Waals surface area contributed by atoms with Gasteiger partial charge in [0, 0.05) is 12.3 Å². The molecule has 0 aromatic carbocycles. The van der Waals surface area contributed by atoms with Crippen molar-refractivity contribution in [3.63, 3.8) is 0 Å². The highest BCUT2D eigenvalue weighted by Gasteiger charge is 2.65. The highest BCUT2D eigenvalue weighted by atomic mass is 16.8. The number of aliphatic hydroxyl groups excluding tert-OH is 12. The molecule has 19 nitrogen and oxygen atoms in total. The maximum absolute atomic E-state index is 11.9. The SMILES string of the molecule is C=C(CCC1=C(C)[C@H]2[C@H](C[C@H]3[C@@H]4CC[C@@H]5C[C@@H](O[C@@H]6O[C@H](CO)[C@H](O)[C@H](O)[C@H]6O[C@@H]6O[C@H](CO)[C@@H](O)[C@H](O)[C@H]6O)[C@@H](O)C[C@]5(C)[C@H]4CC[C@@]32C)O1)CO[C@@H]1O[C@H](CO)[C@@H](O)[C@H](O)[C@H]1O. The Morgan fingerprint density at radius 2 is 1.27 bits per heavy atom. The van der Waals surface area contributed by atoms with Gasteiger partial charge in [0.25, 0.3) is 0 Å². The molecule has 4 heterocycles. The molecule has 0 unspecified atom stereocenters. The number of allylic oxidation sites excluding steroid dienone is 1. The Labute approximate surface area is 373 Å². The van der Waals surface area contributed by atoms with Crippen LogP contribution in [0.25, 0.3) is 0 Å². The molecule has 8 aliphatic rings. The molecule has 3 saturated heterocycles. The lowest BCUT2D eigenvalue weighted by atomic mass is 9.44. The van der Waals surface area contributed by atoms with Crippen LogP contribution in [-0.2, 0) is 33.2 Å². The van der Waals surface area contributed by atoms with Gasteiger partial charge in [-0.3, -0.25) is 0 Å². The molecule has 19 heteroatoms. The molecule has 0 aromatic heterocycles. The van der Waals surface area contributed by atoms with Gasteiger partial charge < -0.3 is 94.4 Å². The lowest BCUT2D eigenvalue weighted by Gasteiger charge is -2.61. The van der Waals surface area contributed by atoms with E-state index in [-0.39, 0.29) is 35.4 Å². The van der Waals surface area contributed by atoms with Crippen LogP contribution in [0.15, 0.2) is 23.5 Å². The van der Waals surface area contributed by atoms with Gasteiger partial charge in [0.1, 0.15) is 79.4 Å². The number of rotatable bonds is 13. The zero-order valence-corrected chi connectivity index (χ0v) is 36.9. The third kappa shape index (κ3) is 8.54. The molecule has 0 amide bonds. The van der Waals surface area contributed by atoms with Crippen LogP contribution in [0.1, 0.15) is 78.6 Å². The predicted octanol–water partition coefficient (Wildman–Crippen LogP) is -1.94. The van der Waals surface area contributed by atoms with Crippen LogP contribution >= 0.6 is 0 Å². The smallest absolute Gasteiger partial charge is 0.187 e. The van der Waals surface area contributed by atoms with Crippen LogP contribution in [-0.4, -0.2) is 198 Å². The summed E-state index contributed by atoms with van der Waals surface area (Å²) >= 11 is 0. The molecule has 0 bridgehead atoms. The van der Waals surface area contributed by atoms with Crippen LogP contribution in [0.2, 0.25) is 0 Å². The number of fused-ring (bicyclic) bond motifs is 7. The monoisotopic (exact) mass is 916 g/mol. The first-order valence-corrected chi connectivity index (χ1v) is 23.2. The summed E-state index contributed by atoms with van der Waals surface area (Å²) in [6, 6.07) is 0. The van der Waals surface area contributed by atoms with Crippen LogP contribution in [0.4, 0.5) is 0 Å². The largest absolute Gasteiger partial charge is 0.494 e. The van der Waals surface area contributed by atoms with Crippen LogP contribution < -0.4 is 0 Å². The zero-order chi connectivity index (χ0) is 46.2. The van der Waals surface area contributed by atoms with Gasteiger partial charge in [0.15, 0.2) is 18.9 Å². The fraction of sp³-hybridized carbons (Fsp3) is 0.911. The lowest BCUT2D eigenvalue weighted by Crippen LogP contribution is -2.65. The van der Waals surface area contributed by atoms with E-state index in [0.29, 0.717) is 43.4 Å². The Hall–Kier alpha value is -1.44. The van der Waals surface area contributed by atoms with Crippen molar-refractivity contribution in [1.29, 1.82) is 0 Å². The van der Waals surface area contributed by atoms with Gasteiger partial charge in [-0.25, -0.2) is 0 Å². The van der Waals surface area contributed by atoms with Gasteiger partial charge >= 0.3 is 0 Å². The molecule has 7 fully saturated rings. The van der Waals surface area contributed by atoms with Gasteiger partial charge in [0.05, 0.1) is 44.4 Å². The van der Waals surface area contributed by atoms with Crippen molar-refractivity contribution < 1.29 is 94.4 Å². The maximum atomic E-state index is 11.9. The molecule has 64 heavy (non-hydrogen) atoms. The lowest BCUT2D eigenvalue weighted by molar-refractivity contribution is -0.376. The van der Waals surface area contributed by atoms with Crippen LogP contribution in [0, 0.1) is 40.4 Å². The van der Waals surface area contributed by atoms with Crippen LogP contribution in [0.3, 0.4) is 0 Å². The average molecular weight is 917 g/mol. The van der Waals surface area contributed by atoms with Crippen molar-refractivity contribution in [2.75, 3.05) is 26.4 Å². The summed E-state index contributed by atoms with van der Waals surface area (Å²) in [5.41, 5.74) is 1.85. The second-order valence-corrected chi connectivity index (χ2v) is 20.6. The Morgan fingerprint density at radius 1 is 0.672 bits per heavy atom. The highest BCUT2D eigenvalue weighted by molar-refractivity contribution is 5.27. The third-order valence-electron chi connectivity index (χ3n) is 17.1. The molecule has 0 aromatic rings. The third-order valence-corrected chi connectivity index (χ3v) is 17.1. The van der Waals surface area contributed by atoms with Crippen molar-refractivity contribution in [2.24, 2.45) is 40.4 Å². The summed E-state index contributed by atoms with van der Waals surface area (Å²) in [5.74, 6) is 2.67. The minimum atomic E-state index is -1.80. The van der Waals surface area contributed by atoms with Crippen molar-refractivity contribution in [1.82, 2.24) is 0 Å². The second kappa shape index (κ2) is 19.2. The molecule has 0 radical (unpaired) electrons. The Bertz CT molecular complexity index is 1660. The topological polar surface area (TPSA) is 307 Å². The highest BCUT2D eigenvalue weighted by Crippen LogP contribution is 2.70. The van der Waals surface area contributed by atoms with E-state index in [2.05, 4.69) is 27.4 Å². The van der Waals surface area contributed by atoms with Crippen molar-refractivity contribution >= 4 is 0 Å². The molecule has 25 atom stereocenters. The first-order valence-electron chi connectivity index (χ1n) is 23.2. The molecular weight excluding hydrogens is 844 g/mol. The van der Waals surface area contributed by atoms with Gasteiger partial charge in [-0.1, -0.05) is 26.0 Å². The second-order valence-electron chi connectivity index (χ2n) is 20.6. The van der Waals surface area contributed by atoms with Gasteiger partial charge in [-0.05, 0) is 98.4 Å². The van der Waals surface area contributed by atoms with Gasteiger partial charge in [-0.2, -0.15) is 0 Å². The molecule has 4 aliphatic carbocycles. The molecule has 12 N–H and O–H groups in total. The Morgan fingerprint density at radius 3 is 1.91 bits per heavy atom. The van der Waals surface area contributed by atoms with E-state index < -0.39 is 124 Å². The van der Waals surface area contributed by atoms with Gasteiger partial charge in [-0.15, -0.1) is 0 Å². The molecule has 0 spiro atoms. The molecule has 4 aliphatic heterocycles. The summed E-state index contributed by atoms with van der Waals surface area (Å²) in [4.78, 5) is 0. The van der Waals surface area contributed by atoms with E-state index >= 15 is 0 Å². The minimum Gasteiger partial charge on any atom is -0.494 e. The number of hydrogen-bond donors (Lipinski definition) is 12. The summed E-state index contributed by atoms with van der Waals surface area (Å²) in [7, 11) is 0. The van der Waals surface area contributed by atoms with E-state index in [1.165, 1.54) is 5.57 Å². The first-order chi connectivity index (χ1) is 30.4. The normalized spacial score (nSPS) is 52.6. The summed E-state index contributed by atoms with van der Waals surface area (Å²) in [6.07, 6.45) is -17.1. The Kier molecular flexibility index (Phi) is 14.7. The average Bonchev–Trinajstić information content (AvgIpc) is 3.76. The maximum Gasteiger partial charge on any atom is 0.187 e. The number of aliphatic hydroxyl groups is 12. The van der Waals surface area contributed by atoms with Gasteiger partial charge in [0.2, 0.25) is 0 Å². The van der Waals surface area contributed by atoms with Crippen LogP contribution in [0.5, 0.6) is 0 Å². The van der Waals surface area contributed by atoms with E-state index in [0.717, 1.165) is 43.4 Å². The van der Waals surface area contributed by atoms with E-state index in [1.807, 2.05) is 0 Å². The van der Waals surface area contributed by atoms with Crippen molar-refractivity contribution in [2.45, 2.75) is 189 Å². The first kappa shape index (κ1) is 49.0. The van der Waals surface area contributed by atoms with E-state index in [9.17, 15) is 61.3 Å². The summed E-state index contributed by atoms with van der Waals surface area (Å²) in [6.45, 7) is 9.20. The molecule has 8 rings (SSSR count). The standard InChI is InChI=1S/C45H72O19/c1-18(17-58-41-38(56)35(53)32(50)28(14-46)61-41)5-8-25-19(2)31-27(59-25)12-23-21-7-6-20-11-26(24(49)13-45(20,4)22(21)9-10-44(23,31)3)60-43-40(37(55)34(52)30(16-48)63-43)64-42-39(57)36(54)33(51)29(15-47)62-42/h20-24,26-43,46-57H,1,5-17H2,2-4H3/t20-,21-,22+,23+,24+,26-,27+,28-,29-,30-,31+,32-,33-,34+,35+,36+,37+,38-,39-,40-,41-,42+,43-,44+,45+/m1/s1. The van der Waals surface area contributed by atoms with Crippen molar-refractivity contribution in [3.8, 4) is 0 Å². The quantitative estimate of drug-likeness (QED) is 0.0707. The van der Waals surface area contributed by atoms with E-state index in [1.54, 1.807) is 0 Å². The number of ether oxygens (including phenoxy) is 7. The number of hydrogen-bond acceptors (Lipinski definition) is 19. The summed E-state index contributed by atoms with van der Waals surface area (Å²) < 4.78 is 41.7. The summed E-state index contributed by atoms with van der Waals surface area (Å²) in [5, 5.41) is 125. The molecular formula is C45H72O19. The molecule has 366 valence electrons.